The highest BCUT2D eigenvalue weighted by Crippen LogP contribution is 2.20. The Kier molecular flexibility index (Phi) is 2.66. The molecule has 20 heavy (non-hydrogen) atoms. The molecule has 0 saturated carbocycles. The minimum absolute atomic E-state index is 0.0904. The van der Waals surface area contributed by atoms with E-state index < -0.39 is 5.97 Å². The molecule has 0 aliphatic rings. The molecule has 1 aromatic carbocycles. The van der Waals surface area contributed by atoms with E-state index in [4.69, 9.17) is 10.4 Å². The lowest BCUT2D eigenvalue weighted by atomic mass is 10.1. The van der Waals surface area contributed by atoms with Gasteiger partial charge in [0, 0.05) is 24.2 Å². The predicted octanol–water partition coefficient (Wildman–Crippen LogP) is 1.97. The maximum absolute atomic E-state index is 11.1. The second-order valence-corrected chi connectivity index (χ2v) is 4.13. The lowest BCUT2D eigenvalue weighted by Gasteiger charge is -1.95. The van der Waals surface area contributed by atoms with E-state index >= 15 is 0 Å². The molecule has 0 saturated heterocycles. The highest BCUT2D eigenvalue weighted by atomic mass is 16.4. The summed E-state index contributed by atoms with van der Waals surface area (Å²) in [7, 11) is 0. The van der Waals surface area contributed by atoms with Crippen molar-refractivity contribution in [2.24, 2.45) is 0 Å². The van der Waals surface area contributed by atoms with Gasteiger partial charge in [0.05, 0.1) is 17.3 Å². The topological polar surface area (TPSA) is 91.3 Å². The average Bonchev–Trinajstić information content (AvgIpc) is 2.90. The van der Waals surface area contributed by atoms with Gasteiger partial charge in [0.2, 0.25) is 0 Å². The zero-order valence-corrected chi connectivity index (χ0v) is 10.2. The van der Waals surface area contributed by atoms with Crippen molar-refractivity contribution in [3.05, 3.63) is 54.1 Å². The molecule has 0 aliphatic heterocycles. The number of nitrogens with zero attached hydrogens (tertiary/aromatic N) is 4. The van der Waals surface area contributed by atoms with Gasteiger partial charge in [0.1, 0.15) is 0 Å². The van der Waals surface area contributed by atoms with Crippen LogP contribution in [-0.2, 0) is 0 Å². The van der Waals surface area contributed by atoms with E-state index in [-0.39, 0.29) is 5.69 Å². The Bertz CT molecular complexity index is 844. The Balaban J connectivity index is 2.15. The van der Waals surface area contributed by atoms with Gasteiger partial charge in [0.25, 0.3) is 0 Å². The maximum atomic E-state index is 11.1. The molecular weight excluding hydrogens is 256 g/mol. The van der Waals surface area contributed by atoms with Crippen LogP contribution in [0.2, 0.25) is 0 Å². The molecule has 0 amide bonds. The van der Waals surface area contributed by atoms with E-state index in [9.17, 15) is 4.79 Å². The fraction of sp³-hybridized carbons (Fsp3) is 0. The summed E-state index contributed by atoms with van der Waals surface area (Å²) in [5.41, 5.74) is 2.20. The highest BCUT2D eigenvalue weighted by molar-refractivity contribution is 5.92. The number of imidazole rings is 1. The number of hydrogen-bond acceptors (Lipinski definition) is 4. The smallest absolute Gasteiger partial charge is 0.358 e. The highest BCUT2D eigenvalue weighted by Gasteiger charge is 2.14. The Hall–Kier alpha value is -3.20. The number of nitriles is 1. The largest absolute Gasteiger partial charge is 0.476 e. The van der Waals surface area contributed by atoms with E-state index in [0.29, 0.717) is 16.9 Å². The van der Waals surface area contributed by atoms with Crippen LogP contribution in [0.15, 0.2) is 42.9 Å². The molecule has 96 valence electrons. The van der Waals surface area contributed by atoms with Crippen LogP contribution in [0.4, 0.5) is 0 Å². The van der Waals surface area contributed by atoms with Gasteiger partial charge in [-0.3, -0.25) is 0 Å². The first-order valence-corrected chi connectivity index (χ1v) is 5.76. The summed E-state index contributed by atoms with van der Waals surface area (Å²) < 4.78 is 1.62. The molecule has 2 heterocycles. The van der Waals surface area contributed by atoms with Crippen molar-refractivity contribution in [1.29, 1.82) is 5.26 Å². The third-order valence-electron chi connectivity index (χ3n) is 2.89. The molecule has 6 nitrogen and oxygen atoms in total. The molecule has 0 radical (unpaired) electrons. The summed E-state index contributed by atoms with van der Waals surface area (Å²) in [6.07, 6.45) is 4.79. The van der Waals surface area contributed by atoms with Gasteiger partial charge in [-0.2, -0.15) is 5.26 Å². The molecule has 0 bridgehead atoms. The first kappa shape index (κ1) is 11.9. The van der Waals surface area contributed by atoms with Crippen molar-refractivity contribution in [2.75, 3.05) is 0 Å². The molecule has 3 rings (SSSR count). The maximum Gasteiger partial charge on any atom is 0.358 e. The van der Waals surface area contributed by atoms with Gasteiger partial charge < -0.3 is 9.51 Å². The number of carboxylic acid groups (broad SMARTS) is 1. The molecule has 6 heteroatoms. The Morgan fingerprint density at radius 2 is 2.05 bits per heavy atom. The van der Waals surface area contributed by atoms with Crippen LogP contribution in [0.5, 0.6) is 0 Å². The second kappa shape index (κ2) is 4.48. The quantitative estimate of drug-likeness (QED) is 0.764. The summed E-state index contributed by atoms with van der Waals surface area (Å²) in [6.45, 7) is 0. The van der Waals surface area contributed by atoms with Gasteiger partial charge in [-0.05, 0) is 12.1 Å². The molecule has 0 fully saturated rings. The first-order valence-electron chi connectivity index (χ1n) is 5.76. The third kappa shape index (κ3) is 1.87. The summed E-state index contributed by atoms with van der Waals surface area (Å²) in [6, 6.07) is 8.97. The van der Waals surface area contributed by atoms with E-state index in [1.165, 1.54) is 6.20 Å². The van der Waals surface area contributed by atoms with Crippen molar-refractivity contribution >= 4 is 11.6 Å². The van der Waals surface area contributed by atoms with Crippen LogP contribution in [0.3, 0.4) is 0 Å². The van der Waals surface area contributed by atoms with E-state index in [0.717, 1.165) is 5.56 Å². The van der Waals surface area contributed by atoms with Gasteiger partial charge in [0.15, 0.2) is 11.3 Å². The lowest BCUT2D eigenvalue weighted by Crippen LogP contribution is -2.03. The summed E-state index contributed by atoms with van der Waals surface area (Å²) in [5.74, 6) is -1.12. The number of carboxylic acids is 1. The Morgan fingerprint density at radius 3 is 2.70 bits per heavy atom. The molecular formula is C14H8N4O2. The fourth-order valence-electron chi connectivity index (χ4n) is 1.93. The van der Waals surface area contributed by atoms with Crippen LogP contribution in [-0.4, -0.2) is 25.4 Å². The van der Waals surface area contributed by atoms with Crippen LogP contribution in [0, 0.1) is 11.3 Å². The zero-order chi connectivity index (χ0) is 14.1. The van der Waals surface area contributed by atoms with Gasteiger partial charge in [-0.25, -0.2) is 14.8 Å². The lowest BCUT2D eigenvalue weighted by molar-refractivity contribution is 0.0692. The molecule has 0 unspecified atom stereocenters. The number of benzene rings is 1. The van der Waals surface area contributed by atoms with Crippen LogP contribution in [0.25, 0.3) is 16.9 Å². The van der Waals surface area contributed by atoms with Crippen LogP contribution < -0.4 is 0 Å². The Morgan fingerprint density at radius 1 is 1.30 bits per heavy atom. The van der Waals surface area contributed by atoms with Crippen molar-refractivity contribution in [3.8, 4) is 17.3 Å². The molecule has 1 N–H and O–H groups in total. The van der Waals surface area contributed by atoms with Crippen molar-refractivity contribution in [2.45, 2.75) is 0 Å². The molecule has 0 aliphatic carbocycles. The minimum Gasteiger partial charge on any atom is -0.476 e. The van der Waals surface area contributed by atoms with E-state index in [1.54, 1.807) is 41.1 Å². The standard InChI is InChI=1S/C14H8N4O2/c15-7-9-1-3-10(4-2-9)11-8-18-6-5-16-12(14(19)20)13(18)17-11/h1-6,8H,(H,19,20). The van der Waals surface area contributed by atoms with Crippen molar-refractivity contribution in [3.63, 3.8) is 0 Å². The molecule has 2 aromatic heterocycles. The number of carbonyl (C=O) groups is 1. The van der Waals surface area contributed by atoms with Crippen molar-refractivity contribution < 1.29 is 9.90 Å². The molecule has 0 spiro atoms. The summed E-state index contributed by atoms with van der Waals surface area (Å²) in [4.78, 5) is 19.2. The average molecular weight is 264 g/mol. The van der Waals surface area contributed by atoms with Gasteiger partial charge in [-0.15, -0.1) is 0 Å². The Labute approximate surface area is 113 Å². The van der Waals surface area contributed by atoms with Crippen LogP contribution >= 0.6 is 0 Å². The molecule has 0 atom stereocenters. The minimum atomic E-state index is -1.12. The normalized spacial score (nSPS) is 10.3. The number of fused-ring (bicyclic) bond motifs is 1. The SMILES string of the molecule is N#Cc1ccc(-c2cn3ccnc(C(=O)O)c3n2)cc1. The fourth-order valence-corrected chi connectivity index (χ4v) is 1.93. The van der Waals surface area contributed by atoms with Crippen LogP contribution in [0.1, 0.15) is 16.1 Å². The number of aromatic carboxylic acids is 1. The van der Waals surface area contributed by atoms with E-state index in [2.05, 4.69) is 9.97 Å². The van der Waals surface area contributed by atoms with Gasteiger partial charge >= 0.3 is 5.97 Å². The zero-order valence-electron chi connectivity index (χ0n) is 10.2. The third-order valence-corrected chi connectivity index (χ3v) is 2.89. The number of hydrogen-bond donors (Lipinski definition) is 1. The van der Waals surface area contributed by atoms with E-state index in [1.807, 2.05) is 6.07 Å². The van der Waals surface area contributed by atoms with Crippen molar-refractivity contribution in [1.82, 2.24) is 14.4 Å². The van der Waals surface area contributed by atoms with Gasteiger partial charge in [-0.1, -0.05) is 12.1 Å². The number of rotatable bonds is 2. The monoisotopic (exact) mass is 264 g/mol. The summed E-state index contributed by atoms with van der Waals surface area (Å²) in [5, 5.41) is 17.8. The number of aromatic nitrogens is 3. The molecule has 3 aromatic rings. The first-order chi connectivity index (χ1) is 9.69. The predicted molar refractivity (Wildman–Crippen MR) is 70.1 cm³/mol. The second-order valence-electron chi connectivity index (χ2n) is 4.13. The summed E-state index contributed by atoms with van der Waals surface area (Å²) >= 11 is 0.